The van der Waals surface area contributed by atoms with Gasteiger partial charge in [0.2, 0.25) is 5.91 Å². The molecule has 0 fully saturated rings. The number of likely N-dealkylation sites (N-methyl/N-ethyl adjacent to an activating group) is 1. The van der Waals surface area contributed by atoms with Crippen LogP contribution in [-0.4, -0.2) is 46.7 Å². The molecular formula is C26H32FN5O2. The highest BCUT2D eigenvalue weighted by atomic mass is 19.1. The van der Waals surface area contributed by atoms with Crippen LogP contribution in [0.3, 0.4) is 0 Å². The van der Waals surface area contributed by atoms with E-state index in [2.05, 4.69) is 20.8 Å². The van der Waals surface area contributed by atoms with Crippen LogP contribution < -0.4 is 10.6 Å². The molecule has 7 nitrogen and oxygen atoms in total. The molecular weight excluding hydrogens is 433 g/mol. The third-order valence-corrected chi connectivity index (χ3v) is 5.56. The molecule has 0 radical (unpaired) electrons. The molecule has 0 spiro atoms. The van der Waals surface area contributed by atoms with Gasteiger partial charge in [0, 0.05) is 31.4 Å². The maximum Gasteiger partial charge on any atom is 0.315 e. The predicted octanol–water partition coefficient (Wildman–Crippen LogP) is 4.27. The molecule has 2 aromatic carbocycles. The Morgan fingerprint density at radius 1 is 1.12 bits per heavy atom. The van der Waals surface area contributed by atoms with Crippen LogP contribution in [0.25, 0.3) is 11.3 Å². The quantitative estimate of drug-likeness (QED) is 0.395. The van der Waals surface area contributed by atoms with E-state index < -0.39 is 12.1 Å². The first-order chi connectivity index (χ1) is 16.5. The molecule has 0 saturated heterocycles. The van der Waals surface area contributed by atoms with E-state index in [1.165, 1.54) is 12.1 Å². The molecule has 3 rings (SSSR count). The van der Waals surface area contributed by atoms with Crippen molar-refractivity contribution in [3.63, 3.8) is 0 Å². The highest BCUT2D eigenvalue weighted by Crippen LogP contribution is 2.17. The van der Waals surface area contributed by atoms with E-state index >= 15 is 0 Å². The predicted molar refractivity (Wildman–Crippen MR) is 130 cm³/mol. The summed E-state index contributed by atoms with van der Waals surface area (Å²) in [7, 11) is 1.76. The van der Waals surface area contributed by atoms with Gasteiger partial charge in [0.05, 0.1) is 5.69 Å². The van der Waals surface area contributed by atoms with E-state index in [0.29, 0.717) is 13.0 Å². The van der Waals surface area contributed by atoms with Gasteiger partial charge >= 0.3 is 6.03 Å². The number of nitrogens with one attached hydrogen (secondary N) is 3. The van der Waals surface area contributed by atoms with Crippen molar-refractivity contribution in [3.8, 4) is 11.3 Å². The van der Waals surface area contributed by atoms with Crippen molar-refractivity contribution in [2.24, 2.45) is 0 Å². The van der Waals surface area contributed by atoms with E-state index in [-0.39, 0.29) is 18.3 Å². The fourth-order valence-corrected chi connectivity index (χ4v) is 3.67. The van der Waals surface area contributed by atoms with Crippen molar-refractivity contribution in [1.82, 2.24) is 25.7 Å². The fraction of sp³-hybridized carbons (Fsp3) is 0.346. The van der Waals surface area contributed by atoms with E-state index in [1.54, 1.807) is 24.1 Å². The smallest absolute Gasteiger partial charge is 0.315 e. The standard InChI is InChI=1S/C26H32FN5O2/c1-3-8-23(29-26(34)28-18-19-12-14-21(27)15-13-19)25(33)32(2)16-7-11-22-17-24(31-30-22)20-9-5-4-6-10-20/h4-6,9-10,12-15,17,23H,3,7-8,11,16,18H2,1-2H3,(H,30,31)(H2,28,29,34). The highest BCUT2D eigenvalue weighted by Gasteiger charge is 2.23. The number of H-pyrrole nitrogens is 1. The van der Waals surface area contributed by atoms with Gasteiger partial charge in [-0.15, -0.1) is 0 Å². The summed E-state index contributed by atoms with van der Waals surface area (Å²) in [4.78, 5) is 26.9. The Hall–Kier alpha value is -3.68. The van der Waals surface area contributed by atoms with Crippen molar-refractivity contribution in [3.05, 3.63) is 77.7 Å². The Morgan fingerprint density at radius 2 is 1.85 bits per heavy atom. The first kappa shape index (κ1) is 25.0. The summed E-state index contributed by atoms with van der Waals surface area (Å²) >= 11 is 0. The number of nitrogens with zero attached hydrogens (tertiary/aromatic N) is 2. The summed E-state index contributed by atoms with van der Waals surface area (Å²) < 4.78 is 13.0. The molecule has 0 aliphatic carbocycles. The molecule has 8 heteroatoms. The molecule has 1 unspecified atom stereocenters. The Balaban J connectivity index is 1.45. The van der Waals surface area contributed by atoms with Gasteiger partial charge in [0.25, 0.3) is 0 Å². The number of aromatic nitrogens is 2. The molecule has 1 aromatic heterocycles. The molecule has 34 heavy (non-hydrogen) atoms. The molecule has 0 saturated carbocycles. The van der Waals surface area contributed by atoms with Crippen molar-refractivity contribution in [2.75, 3.05) is 13.6 Å². The maximum atomic E-state index is 13.0. The second-order valence-corrected chi connectivity index (χ2v) is 8.30. The number of benzene rings is 2. The van der Waals surface area contributed by atoms with Gasteiger partial charge in [-0.2, -0.15) is 5.10 Å². The lowest BCUT2D eigenvalue weighted by molar-refractivity contribution is -0.132. The fourth-order valence-electron chi connectivity index (χ4n) is 3.67. The van der Waals surface area contributed by atoms with Crippen LogP contribution in [0, 0.1) is 5.82 Å². The number of aromatic amines is 1. The van der Waals surface area contributed by atoms with Gasteiger partial charge in [0.1, 0.15) is 11.9 Å². The first-order valence-corrected chi connectivity index (χ1v) is 11.6. The van der Waals surface area contributed by atoms with E-state index in [4.69, 9.17) is 0 Å². The maximum absolute atomic E-state index is 13.0. The minimum atomic E-state index is -0.597. The average Bonchev–Trinajstić information content (AvgIpc) is 3.32. The molecule has 0 bridgehead atoms. The molecule has 1 heterocycles. The number of rotatable bonds is 11. The summed E-state index contributed by atoms with van der Waals surface area (Å²) in [6, 6.07) is 16.9. The van der Waals surface area contributed by atoms with Crippen LogP contribution in [-0.2, 0) is 17.8 Å². The van der Waals surface area contributed by atoms with Gasteiger partial charge in [0.15, 0.2) is 0 Å². The van der Waals surface area contributed by atoms with Crippen LogP contribution in [0.2, 0.25) is 0 Å². The normalized spacial score (nSPS) is 11.6. The second kappa shape index (κ2) is 12.5. The van der Waals surface area contributed by atoms with Crippen LogP contribution in [0.5, 0.6) is 0 Å². The molecule has 3 amide bonds. The van der Waals surface area contributed by atoms with Crippen molar-refractivity contribution < 1.29 is 14.0 Å². The monoisotopic (exact) mass is 465 g/mol. The number of amides is 3. The lowest BCUT2D eigenvalue weighted by atomic mass is 10.1. The summed E-state index contributed by atoms with van der Waals surface area (Å²) in [5.41, 5.74) is 3.76. The zero-order valence-corrected chi connectivity index (χ0v) is 19.7. The molecule has 0 aliphatic heterocycles. The second-order valence-electron chi connectivity index (χ2n) is 8.30. The lowest BCUT2D eigenvalue weighted by Crippen LogP contribution is -2.50. The third-order valence-electron chi connectivity index (χ3n) is 5.56. The number of carbonyl (C=O) groups is 2. The van der Waals surface area contributed by atoms with E-state index in [1.807, 2.05) is 43.3 Å². The lowest BCUT2D eigenvalue weighted by Gasteiger charge is -2.24. The number of halogens is 1. The number of carbonyl (C=O) groups excluding carboxylic acids is 2. The molecule has 1 atom stereocenters. The van der Waals surface area contributed by atoms with Gasteiger partial charge in [-0.05, 0) is 43.0 Å². The zero-order valence-electron chi connectivity index (χ0n) is 19.7. The Kier molecular flexibility index (Phi) is 9.20. The van der Waals surface area contributed by atoms with Crippen LogP contribution in [0.4, 0.5) is 9.18 Å². The largest absolute Gasteiger partial charge is 0.344 e. The van der Waals surface area contributed by atoms with Gasteiger partial charge in [-0.3, -0.25) is 9.89 Å². The summed E-state index contributed by atoms with van der Waals surface area (Å²) in [6.45, 7) is 2.79. The number of urea groups is 1. The molecule has 3 aromatic rings. The number of aryl methyl sites for hydroxylation is 1. The summed E-state index contributed by atoms with van der Waals surface area (Å²) in [5.74, 6) is -0.442. The molecule has 3 N–H and O–H groups in total. The van der Waals surface area contributed by atoms with Gasteiger partial charge in [-0.1, -0.05) is 55.8 Å². The number of hydrogen-bond donors (Lipinski definition) is 3. The Labute approximate surface area is 199 Å². The summed E-state index contributed by atoms with van der Waals surface area (Å²) in [5, 5.41) is 12.9. The van der Waals surface area contributed by atoms with Gasteiger partial charge in [-0.25, -0.2) is 9.18 Å². The topological polar surface area (TPSA) is 90.1 Å². The highest BCUT2D eigenvalue weighted by molar-refractivity contribution is 5.86. The molecule has 180 valence electrons. The van der Waals surface area contributed by atoms with E-state index in [9.17, 15) is 14.0 Å². The SMILES string of the molecule is CCCC(NC(=O)NCc1ccc(F)cc1)C(=O)N(C)CCCc1cc(-c2ccccc2)n[nH]1. The van der Waals surface area contributed by atoms with Crippen molar-refractivity contribution in [1.29, 1.82) is 0 Å². The zero-order chi connectivity index (χ0) is 24.3. The van der Waals surface area contributed by atoms with Crippen LogP contribution in [0.15, 0.2) is 60.7 Å². The Morgan fingerprint density at radius 3 is 2.56 bits per heavy atom. The minimum Gasteiger partial charge on any atom is -0.344 e. The van der Waals surface area contributed by atoms with E-state index in [0.717, 1.165) is 41.8 Å². The number of hydrogen-bond acceptors (Lipinski definition) is 3. The van der Waals surface area contributed by atoms with Crippen LogP contribution >= 0.6 is 0 Å². The first-order valence-electron chi connectivity index (χ1n) is 11.6. The van der Waals surface area contributed by atoms with Crippen LogP contribution in [0.1, 0.15) is 37.4 Å². The Bertz CT molecular complexity index is 1050. The molecule has 0 aliphatic rings. The average molecular weight is 466 g/mol. The van der Waals surface area contributed by atoms with Gasteiger partial charge < -0.3 is 15.5 Å². The minimum absolute atomic E-state index is 0.117. The van der Waals surface area contributed by atoms with Crippen molar-refractivity contribution >= 4 is 11.9 Å². The summed E-state index contributed by atoms with van der Waals surface area (Å²) in [6.07, 6.45) is 2.85. The third kappa shape index (κ3) is 7.43. The van der Waals surface area contributed by atoms with Crippen molar-refractivity contribution in [2.45, 2.75) is 45.2 Å².